The Morgan fingerprint density at radius 3 is 2.20 bits per heavy atom. The molecule has 0 atom stereocenters. The van der Waals surface area contributed by atoms with E-state index in [1.54, 1.807) is 0 Å². The van der Waals surface area contributed by atoms with Crippen molar-refractivity contribution in [3.8, 4) is 22.3 Å². The number of hydrogen-bond donors (Lipinski definition) is 0. The van der Waals surface area contributed by atoms with Gasteiger partial charge in [0.2, 0.25) is 0 Å². The molecule has 2 aliphatic heterocycles. The number of aromatic nitrogens is 1. The van der Waals surface area contributed by atoms with Crippen molar-refractivity contribution in [1.82, 2.24) is 4.98 Å². The molecule has 0 N–H and O–H groups in total. The molecule has 2 aliphatic carbocycles. The third-order valence-corrected chi connectivity index (χ3v) is 8.55. The van der Waals surface area contributed by atoms with Crippen LogP contribution in [0.1, 0.15) is 44.5 Å². The molecule has 0 spiro atoms. The second-order valence-corrected chi connectivity index (χ2v) is 10.4. The summed E-state index contributed by atoms with van der Waals surface area (Å²) in [7, 11) is 0. The van der Waals surface area contributed by atoms with Gasteiger partial charge in [0.1, 0.15) is 0 Å². The zero-order chi connectivity index (χ0) is 22.7. The van der Waals surface area contributed by atoms with E-state index in [2.05, 4.69) is 88.9 Å². The molecule has 5 aromatic rings. The molecule has 0 saturated carbocycles. The highest BCUT2D eigenvalue weighted by atomic mass is 15.2. The number of anilines is 3. The molecule has 0 unspecified atom stereocenters. The number of rotatable bonds is 0. The first-order valence-corrected chi connectivity index (χ1v) is 12.6. The van der Waals surface area contributed by atoms with Crippen LogP contribution in [0.25, 0.3) is 22.3 Å². The van der Waals surface area contributed by atoms with Crippen molar-refractivity contribution in [3.05, 3.63) is 130 Å². The summed E-state index contributed by atoms with van der Waals surface area (Å²) in [6.07, 6.45) is 8.05. The molecule has 0 fully saturated rings. The van der Waals surface area contributed by atoms with Crippen LogP contribution in [0.5, 0.6) is 0 Å². The fourth-order valence-corrected chi connectivity index (χ4v) is 7.15. The average molecular weight is 447 g/mol. The molecule has 4 aromatic carbocycles. The Bertz CT molecular complexity index is 1760. The quantitative estimate of drug-likeness (QED) is 0.240. The third kappa shape index (κ3) is 2.27. The highest BCUT2D eigenvalue weighted by Crippen LogP contribution is 2.56. The summed E-state index contributed by atoms with van der Waals surface area (Å²) < 4.78 is 0. The molecule has 0 bridgehead atoms. The molecule has 4 aliphatic rings. The molecule has 2 heteroatoms. The minimum Gasteiger partial charge on any atom is -0.309 e. The lowest BCUT2D eigenvalue weighted by Crippen LogP contribution is -2.25. The van der Waals surface area contributed by atoms with E-state index >= 15 is 0 Å². The molecule has 164 valence electrons. The van der Waals surface area contributed by atoms with E-state index in [1.165, 1.54) is 83.8 Å². The van der Waals surface area contributed by atoms with E-state index in [0.29, 0.717) is 0 Å². The van der Waals surface area contributed by atoms with Crippen molar-refractivity contribution in [1.29, 1.82) is 0 Å². The van der Waals surface area contributed by atoms with Gasteiger partial charge < -0.3 is 4.90 Å². The van der Waals surface area contributed by atoms with Crippen LogP contribution in [0, 0.1) is 0 Å². The van der Waals surface area contributed by atoms with Crippen molar-refractivity contribution in [3.63, 3.8) is 0 Å². The van der Waals surface area contributed by atoms with Gasteiger partial charge in [-0.3, -0.25) is 4.98 Å². The number of nitrogens with zero attached hydrogens (tertiary/aromatic N) is 2. The van der Waals surface area contributed by atoms with E-state index in [4.69, 9.17) is 0 Å². The third-order valence-electron chi connectivity index (χ3n) is 8.55. The number of hydrogen-bond acceptors (Lipinski definition) is 2. The lowest BCUT2D eigenvalue weighted by atomic mass is 9.82. The van der Waals surface area contributed by atoms with Crippen LogP contribution in [-0.4, -0.2) is 4.98 Å². The monoisotopic (exact) mass is 446 g/mol. The van der Waals surface area contributed by atoms with Gasteiger partial charge in [-0.25, -0.2) is 0 Å². The van der Waals surface area contributed by atoms with E-state index in [-0.39, 0.29) is 0 Å². The molecule has 9 rings (SSSR count). The highest BCUT2D eigenvalue weighted by Gasteiger charge is 2.37. The Kier molecular flexibility index (Phi) is 3.27. The van der Waals surface area contributed by atoms with Crippen LogP contribution < -0.4 is 4.90 Å². The van der Waals surface area contributed by atoms with Crippen LogP contribution in [0.3, 0.4) is 0 Å². The highest BCUT2D eigenvalue weighted by molar-refractivity contribution is 5.97. The molecule has 3 heterocycles. The Hall–Kier alpha value is -4.17. The SMILES string of the molecule is c1ccc2c(c1)Cc1cc3c(cc1-2)N1c2ccncc2Cc2c4c(cc(c21)C3)Cc1ccccc1-4. The largest absolute Gasteiger partial charge is 0.309 e. The zero-order valence-corrected chi connectivity index (χ0v) is 19.3. The van der Waals surface area contributed by atoms with Crippen LogP contribution in [0.4, 0.5) is 17.1 Å². The average Bonchev–Trinajstić information content (AvgIpc) is 3.44. The Labute approximate surface area is 204 Å². The maximum atomic E-state index is 4.53. The summed E-state index contributed by atoms with van der Waals surface area (Å²) in [5.74, 6) is 0. The summed E-state index contributed by atoms with van der Waals surface area (Å²) in [6.45, 7) is 0. The maximum Gasteiger partial charge on any atom is 0.0539 e. The van der Waals surface area contributed by atoms with E-state index in [9.17, 15) is 0 Å². The van der Waals surface area contributed by atoms with Gasteiger partial charge >= 0.3 is 0 Å². The smallest absolute Gasteiger partial charge is 0.0539 e. The summed E-state index contributed by atoms with van der Waals surface area (Å²) in [4.78, 5) is 7.10. The number of fused-ring (bicyclic) bond motifs is 11. The van der Waals surface area contributed by atoms with E-state index in [1.807, 2.05) is 6.20 Å². The molecule has 0 saturated heterocycles. The number of benzene rings is 4. The van der Waals surface area contributed by atoms with E-state index in [0.717, 1.165) is 25.7 Å². The second kappa shape index (κ2) is 6.28. The Balaban J connectivity index is 1.35. The lowest BCUT2D eigenvalue weighted by molar-refractivity contribution is 0.994. The maximum absolute atomic E-state index is 4.53. The van der Waals surface area contributed by atoms with Gasteiger partial charge in [0, 0.05) is 25.2 Å². The zero-order valence-electron chi connectivity index (χ0n) is 19.3. The molecular weight excluding hydrogens is 424 g/mol. The Morgan fingerprint density at radius 2 is 1.29 bits per heavy atom. The van der Waals surface area contributed by atoms with Crippen molar-refractivity contribution in [2.75, 3.05) is 4.90 Å². The minimum atomic E-state index is 0.947. The topological polar surface area (TPSA) is 16.1 Å². The number of pyridine rings is 1. The fourth-order valence-electron chi connectivity index (χ4n) is 7.15. The molecule has 35 heavy (non-hydrogen) atoms. The summed E-state index contributed by atoms with van der Waals surface area (Å²) >= 11 is 0. The fraction of sp³-hybridized carbons (Fsp3) is 0.121. The summed E-state index contributed by atoms with van der Waals surface area (Å²) in [5.41, 5.74) is 21.3. The van der Waals surface area contributed by atoms with Crippen LogP contribution in [0.2, 0.25) is 0 Å². The van der Waals surface area contributed by atoms with Gasteiger partial charge in [0.15, 0.2) is 0 Å². The first-order valence-electron chi connectivity index (χ1n) is 12.6. The predicted octanol–water partition coefficient (Wildman–Crippen LogP) is 7.50. The van der Waals surface area contributed by atoms with Crippen LogP contribution in [0.15, 0.2) is 85.2 Å². The standard InChI is InChI=1S/C33H22N2/c1-3-7-26-19(5-1)11-21-13-22-14-24-15-23-12-20-6-2-4-8-27(20)32(23)29-16-25-18-34-10-9-30(25)35(33(24)29)31(22)17-28(21)26/h1-10,13,15,17-18H,11-12,14,16H2. The second-order valence-electron chi connectivity index (χ2n) is 10.4. The first-order chi connectivity index (χ1) is 17.3. The van der Waals surface area contributed by atoms with Crippen molar-refractivity contribution in [2.45, 2.75) is 25.7 Å². The Morgan fingerprint density at radius 1 is 0.543 bits per heavy atom. The predicted molar refractivity (Wildman–Crippen MR) is 141 cm³/mol. The van der Waals surface area contributed by atoms with Gasteiger partial charge in [-0.05, 0) is 91.7 Å². The van der Waals surface area contributed by atoms with Gasteiger partial charge in [0.25, 0.3) is 0 Å². The molecular formula is C33H22N2. The normalized spacial score (nSPS) is 14.9. The van der Waals surface area contributed by atoms with Gasteiger partial charge in [-0.1, -0.05) is 60.7 Å². The van der Waals surface area contributed by atoms with Crippen LogP contribution in [-0.2, 0) is 25.7 Å². The van der Waals surface area contributed by atoms with Gasteiger partial charge in [-0.15, -0.1) is 0 Å². The van der Waals surface area contributed by atoms with E-state index < -0.39 is 0 Å². The lowest BCUT2D eigenvalue weighted by Gasteiger charge is -2.40. The first kappa shape index (κ1) is 18.2. The van der Waals surface area contributed by atoms with Gasteiger partial charge in [0.05, 0.1) is 17.1 Å². The molecule has 2 nitrogen and oxygen atoms in total. The molecule has 1 aromatic heterocycles. The van der Waals surface area contributed by atoms with Gasteiger partial charge in [-0.2, -0.15) is 0 Å². The molecule has 0 radical (unpaired) electrons. The molecule has 0 amide bonds. The van der Waals surface area contributed by atoms with Crippen molar-refractivity contribution < 1.29 is 0 Å². The van der Waals surface area contributed by atoms with Crippen LogP contribution >= 0.6 is 0 Å². The summed E-state index contributed by atoms with van der Waals surface area (Å²) in [6, 6.07) is 27.6. The minimum absolute atomic E-state index is 0.947. The summed E-state index contributed by atoms with van der Waals surface area (Å²) in [5, 5.41) is 0. The van der Waals surface area contributed by atoms with Crippen molar-refractivity contribution in [2.24, 2.45) is 0 Å². The van der Waals surface area contributed by atoms with Crippen molar-refractivity contribution >= 4 is 17.1 Å².